The summed E-state index contributed by atoms with van der Waals surface area (Å²) < 4.78 is 5.74. The normalized spacial score (nSPS) is 10.4. The Morgan fingerprint density at radius 3 is 2.79 bits per heavy atom. The van der Waals surface area contributed by atoms with E-state index in [4.69, 9.17) is 4.52 Å². The molecule has 0 aliphatic carbocycles. The Labute approximate surface area is 99.4 Å². The van der Waals surface area contributed by atoms with Crippen LogP contribution >= 0.6 is 34.4 Å². The molecule has 0 spiro atoms. The molecule has 1 aromatic heterocycles. The summed E-state index contributed by atoms with van der Waals surface area (Å²) in [4.78, 5) is 5.33. The maximum atomic E-state index is 5.11. The van der Waals surface area contributed by atoms with Crippen molar-refractivity contribution in [2.75, 3.05) is 6.26 Å². The minimum atomic E-state index is 0.583. The highest BCUT2D eigenvalue weighted by atomic mass is 127. The van der Waals surface area contributed by atoms with Crippen molar-refractivity contribution in [1.29, 1.82) is 0 Å². The van der Waals surface area contributed by atoms with Gasteiger partial charge >= 0.3 is 0 Å². The van der Waals surface area contributed by atoms with E-state index in [0.717, 1.165) is 10.5 Å². The molecule has 0 saturated heterocycles. The SMILES string of the molecule is CSc1ccccc1-c1nc(I)no1. The topological polar surface area (TPSA) is 38.9 Å². The Kier molecular flexibility index (Phi) is 3.07. The molecule has 3 nitrogen and oxygen atoms in total. The molecule has 0 bridgehead atoms. The van der Waals surface area contributed by atoms with Crippen LogP contribution in [0.3, 0.4) is 0 Å². The molecule has 14 heavy (non-hydrogen) atoms. The van der Waals surface area contributed by atoms with Crippen molar-refractivity contribution >= 4 is 34.4 Å². The van der Waals surface area contributed by atoms with Crippen molar-refractivity contribution in [3.63, 3.8) is 0 Å². The molecule has 72 valence electrons. The molecule has 5 heteroatoms. The molecule has 2 rings (SSSR count). The Hall–Kier alpha value is -0.560. The summed E-state index contributed by atoms with van der Waals surface area (Å²) in [7, 11) is 0. The maximum Gasteiger partial charge on any atom is 0.259 e. The lowest BCUT2D eigenvalue weighted by Gasteiger charge is -2.00. The van der Waals surface area contributed by atoms with Crippen LogP contribution in [0.2, 0.25) is 0 Å². The Morgan fingerprint density at radius 2 is 2.14 bits per heavy atom. The lowest BCUT2D eigenvalue weighted by atomic mass is 10.2. The quantitative estimate of drug-likeness (QED) is 0.630. The molecule has 0 saturated carbocycles. The van der Waals surface area contributed by atoms with Gasteiger partial charge in [0.1, 0.15) is 0 Å². The van der Waals surface area contributed by atoms with E-state index in [0.29, 0.717) is 9.72 Å². The van der Waals surface area contributed by atoms with Crippen LogP contribution < -0.4 is 0 Å². The molecule has 0 aliphatic heterocycles. The van der Waals surface area contributed by atoms with Gasteiger partial charge in [0.05, 0.1) is 5.56 Å². The van der Waals surface area contributed by atoms with Crippen LogP contribution in [0, 0.1) is 3.83 Å². The first kappa shape index (κ1) is 9.97. The van der Waals surface area contributed by atoms with Gasteiger partial charge < -0.3 is 4.52 Å². The largest absolute Gasteiger partial charge is 0.333 e. The molecule has 1 aromatic carbocycles. The second-order valence-electron chi connectivity index (χ2n) is 2.57. The lowest BCUT2D eigenvalue weighted by Crippen LogP contribution is -1.81. The van der Waals surface area contributed by atoms with Gasteiger partial charge in [-0.15, -0.1) is 11.8 Å². The fraction of sp³-hybridized carbons (Fsp3) is 0.111. The highest BCUT2D eigenvalue weighted by molar-refractivity contribution is 14.1. The number of nitrogens with zero attached hydrogens (tertiary/aromatic N) is 2. The third kappa shape index (κ3) is 1.93. The number of hydrogen-bond donors (Lipinski definition) is 0. The fourth-order valence-corrected chi connectivity index (χ4v) is 2.04. The van der Waals surface area contributed by atoms with Crippen LogP contribution in [-0.4, -0.2) is 16.4 Å². The maximum absolute atomic E-state index is 5.11. The van der Waals surface area contributed by atoms with Crippen molar-refractivity contribution in [1.82, 2.24) is 10.1 Å². The van der Waals surface area contributed by atoms with E-state index in [1.807, 2.05) is 53.1 Å². The lowest BCUT2D eigenvalue weighted by molar-refractivity contribution is 0.425. The molecule has 0 N–H and O–H groups in total. The number of rotatable bonds is 2. The number of benzene rings is 1. The van der Waals surface area contributed by atoms with Crippen molar-refractivity contribution in [2.24, 2.45) is 0 Å². The minimum absolute atomic E-state index is 0.583. The van der Waals surface area contributed by atoms with Crippen molar-refractivity contribution < 1.29 is 4.52 Å². The molecular formula is C9H7IN2OS. The molecule has 0 radical (unpaired) electrons. The Bertz CT molecular complexity index is 444. The van der Waals surface area contributed by atoms with Crippen LogP contribution in [0.4, 0.5) is 0 Å². The second-order valence-corrected chi connectivity index (χ2v) is 4.38. The van der Waals surface area contributed by atoms with Gasteiger partial charge in [0, 0.05) is 27.5 Å². The zero-order chi connectivity index (χ0) is 9.97. The number of aromatic nitrogens is 2. The summed E-state index contributed by atoms with van der Waals surface area (Å²) in [6, 6.07) is 7.98. The van der Waals surface area contributed by atoms with E-state index in [9.17, 15) is 0 Å². The molecule has 2 aromatic rings. The van der Waals surface area contributed by atoms with Gasteiger partial charge in [-0.3, -0.25) is 0 Å². The zero-order valence-electron chi connectivity index (χ0n) is 7.40. The van der Waals surface area contributed by atoms with Crippen molar-refractivity contribution in [3.05, 3.63) is 28.1 Å². The molecule has 0 fully saturated rings. The number of thioether (sulfide) groups is 1. The molecular weight excluding hydrogens is 311 g/mol. The van der Waals surface area contributed by atoms with E-state index < -0.39 is 0 Å². The standard InChI is InChI=1S/C9H7IN2OS/c1-14-7-5-3-2-4-6(7)8-11-9(10)12-13-8/h2-5H,1H3. The summed E-state index contributed by atoms with van der Waals surface area (Å²) in [5.41, 5.74) is 0.996. The van der Waals surface area contributed by atoms with Gasteiger partial charge in [0.15, 0.2) is 0 Å². The van der Waals surface area contributed by atoms with E-state index in [1.165, 1.54) is 0 Å². The highest BCUT2D eigenvalue weighted by Gasteiger charge is 2.10. The van der Waals surface area contributed by atoms with Gasteiger partial charge in [0.2, 0.25) is 3.83 Å². The first-order valence-electron chi connectivity index (χ1n) is 3.94. The smallest absolute Gasteiger partial charge is 0.259 e. The zero-order valence-corrected chi connectivity index (χ0v) is 10.4. The first-order valence-corrected chi connectivity index (χ1v) is 6.24. The monoisotopic (exact) mass is 318 g/mol. The van der Waals surface area contributed by atoms with E-state index >= 15 is 0 Å². The van der Waals surface area contributed by atoms with E-state index in [2.05, 4.69) is 10.1 Å². The molecule has 0 unspecified atom stereocenters. The highest BCUT2D eigenvalue weighted by Crippen LogP contribution is 2.28. The van der Waals surface area contributed by atoms with Crippen LogP contribution in [0.1, 0.15) is 0 Å². The van der Waals surface area contributed by atoms with Gasteiger partial charge in [0.25, 0.3) is 5.89 Å². The average Bonchev–Trinajstić information content (AvgIpc) is 2.65. The Balaban J connectivity index is 2.50. The summed E-state index contributed by atoms with van der Waals surface area (Å²) in [5, 5.41) is 3.76. The first-order chi connectivity index (χ1) is 6.81. The van der Waals surface area contributed by atoms with E-state index in [-0.39, 0.29) is 0 Å². The molecule has 0 aliphatic rings. The second kappa shape index (κ2) is 4.31. The number of halogens is 1. The summed E-state index contributed by atoms with van der Waals surface area (Å²) in [5.74, 6) is 0.583. The average molecular weight is 318 g/mol. The minimum Gasteiger partial charge on any atom is -0.333 e. The fourth-order valence-electron chi connectivity index (χ4n) is 1.14. The van der Waals surface area contributed by atoms with Crippen LogP contribution in [0.5, 0.6) is 0 Å². The molecule has 1 heterocycles. The number of hydrogen-bond acceptors (Lipinski definition) is 4. The van der Waals surface area contributed by atoms with Crippen molar-refractivity contribution in [3.8, 4) is 11.5 Å². The van der Waals surface area contributed by atoms with Crippen LogP contribution in [0.25, 0.3) is 11.5 Å². The van der Waals surface area contributed by atoms with Gasteiger partial charge in [-0.05, 0) is 18.4 Å². The summed E-state index contributed by atoms with van der Waals surface area (Å²) in [6.07, 6.45) is 2.03. The third-order valence-corrected chi connectivity index (χ3v) is 2.97. The van der Waals surface area contributed by atoms with Crippen molar-refractivity contribution in [2.45, 2.75) is 4.90 Å². The van der Waals surface area contributed by atoms with Crippen LogP contribution in [-0.2, 0) is 0 Å². The van der Waals surface area contributed by atoms with Gasteiger partial charge in [-0.1, -0.05) is 17.3 Å². The third-order valence-electron chi connectivity index (χ3n) is 1.74. The van der Waals surface area contributed by atoms with Gasteiger partial charge in [-0.2, -0.15) is 4.98 Å². The Morgan fingerprint density at radius 1 is 1.36 bits per heavy atom. The summed E-state index contributed by atoms with van der Waals surface area (Å²) in [6.45, 7) is 0. The van der Waals surface area contributed by atoms with Gasteiger partial charge in [-0.25, -0.2) is 0 Å². The summed E-state index contributed by atoms with van der Waals surface area (Å²) >= 11 is 3.70. The predicted molar refractivity (Wildman–Crippen MR) is 64.2 cm³/mol. The predicted octanol–water partition coefficient (Wildman–Crippen LogP) is 3.06. The van der Waals surface area contributed by atoms with Crippen LogP contribution in [0.15, 0.2) is 33.7 Å². The van der Waals surface area contributed by atoms with E-state index in [1.54, 1.807) is 11.8 Å². The molecule has 0 atom stereocenters. The molecule has 0 amide bonds.